The number of carbonyl (C=O) groups excluding carboxylic acids is 2. The van der Waals surface area contributed by atoms with Gasteiger partial charge in [0.2, 0.25) is 5.91 Å². The lowest BCUT2D eigenvalue weighted by molar-refractivity contribution is -0.121. The highest BCUT2D eigenvalue weighted by Gasteiger charge is 2.11. The lowest BCUT2D eigenvalue weighted by Gasteiger charge is -2.10. The quantitative estimate of drug-likeness (QED) is 0.319. The highest BCUT2D eigenvalue weighted by atomic mass is 16.5. The summed E-state index contributed by atoms with van der Waals surface area (Å²) in [5, 5.41) is 12.5. The summed E-state index contributed by atoms with van der Waals surface area (Å²) in [5.74, 6) is -0.399. The Labute approximate surface area is 184 Å². The van der Waals surface area contributed by atoms with Gasteiger partial charge in [-0.25, -0.2) is 4.79 Å². The van der Waals surface area contributed by atoms with Crippen molar-refractivity contribution in [1.82, 2.24) is 9.88 Å². The van der Waals surface area contributed by atoms with E-state index in [1.54, 1.807) is 30.3 Å². The zero-order valence-electron chi connectivity index (χ0n) is 17.2. The molecule has 0 radical (unpaired) electrons. The maximum absolute atomic E-state index is 12.6. The van der Waals surface area contributed by atoms with Gasteiger partial charge in [-0.1, -0.05) is 54.6 Å². The number of nitrogens with zero attached hydrogens (tertiary/aromatic N) is 1. The zero-order valence-corrected chi connectivity index (χ0v) is 17.2. The van der Waals surface area contributed by atoms with E-state index in [1.165, 1.54) is 16.8 Å². The van der Waals surface area contributed by atoms with Gasteiger partial charge < -0.3 is 20.4 Å². The van der Waals surface area contributed by atoms with E-state index in [1.807, 2.05) is 30.3 Å². The van der Waals surface area contributed by atoms with Crippen molar-refractivity contribution in [2.75, 3.05) is 5.32 Å². The molecule has 0 spiro atoms. The van der Waals surface area contributed by atoms with E-state index in [-0.39, 0.29) is 37.1 Å². The molecule has 1 heterocycles. The molecule has 0 saturated heterocycles. The number of nitrogens with two attached hydrogens (primary N) is 1. The second-order valence-electron chi connectivity index (χ2n) is 6.93. The van der Waals surface area contributed by atoms with Crippen molar-refractivity contribution in [2.45, 2.75) is 19.7 Å². The molecule has 0 aliphatic carbocycles. The van der Waals surface area contributed by atoms with Gasteiger partial charge in [0.05, 0.1) is 0 Å². The minimum absolute atomic E-state index is 0.0122. The van der Waals surface area contributed by atoms with Crippen molar-refractivity contribution < 1.29 is 14.3 Å². The molecule has 0 bridgehead atoms. The monoisotopic (exact) mass is 433 g/mol. The van der Waals surface area contributed by atoms with Gasteiger partial charge in [0.1, 0.15) is 24.7 Å². The van der Waals surface area contributed by atoms with Gasteiger partial charge in [0.25, 0.3) is 5.56 Å². The summed E-state index contributed by atoms with van der Waals surface area (Å²) in [6.45, 7) is 0.123. The first kappa shape index (κ1) is 22.3. The number of hydrogen-bond acceptors (Lipinski definition) is 5. The molecule has 164 valence electrons. The summed E-state index contributed by atoms with van der Waals surface area (Å²) in [6, 6.07) is 19.1. The van der Waals surface area contributed by atoms with Crippen LogP contribution in [0.1, 0.15) is 16.7 Å². The van der Waals surface area contributed by atoms with Crippen molar-refractivity contribution >= 4 is 23.5 Å². The first-order chi connectivity index (χ1) is 15.4. The van der Waals surface area contributed by atoms with Crippen LogP contribution in [-0.4, -0.2) is 22.4 Å². The number of ether oxygens (including phenoxy) is 1. The Morgan fingerprint density at radius 3 is 2.38 bits per heavy atom. The van der Waals surface area contributed by atoms with Crippen LogP contribution in [0.15, 0.2) is 77.7 Å². The molecule has 0 saturated carbocycles. The molecule has 0 aliphatic rings. The molecular weight excluding hydrogens is 410 g/mol. The number of rotatable bonds is 8. The predicted octanol–water partition coefficient (Wildman–Crippen LogP) is 2.20. The Morgan fingerprint density at radius 2 is 1.69 bits per heavy atom. The Balaban J connectivity index is 1.53. The average Bonchev–Trinajstić information content (AvgIpc) is 2.80. The molecule has 1 aromatic heterocycles. The molecule has 0 unspecified atom stereocenters. The minimum atomic E-state index is -0.762. The van der Waals surface area contributed by atoms with Gasteiger partial charge in [-0.3, -0.25) is 20.3 Å². The van der Waals surface area contributed by atoms with E-state index in [9.17, 15) is 14.4 Å². The normalized spacial score (nSPS) is 10.2. The van der Waals surface area contributed by atoms with Crippen molar-refractivity contribution in [3.8, 4) is 0 Å². The van der Waals surface area contributed by atoms with Crippen LogP contribution in [-0.2, 0) is 29.2 Å². The first-order valence-electron chi connectivity index (χ1n) is 9.79. The molecule has 0 aliphatic heterocycles. The maximum atomic E-state index is 12.6. The van der Waals surface area contributed by atoms with Crippen LogP contribution >= 0.6 is 0 Å². The summed E-state index contributed by atoms with van der Waals surface area (Å²) in [6.07, 6.45) is 0.700. The van der Waals surface area contributed by atoms with Crippen LogP contribution in [0.5, 0.6) is 0 Å². The van der Waals surface area contributed by atoms with Gasteiger partial charge in [0.15, 0.2) is 0 Å². The fraction of sp³-hybridized carbons (Fsp3) is 0.130. The van der Waals surface area contributed by atoms with Crippen LogP contribution in [0, 0.1) is 5.41 Å². The number of nitrogens with one attached hydrogen (secondary N) is 3. The van der Waals surface area contributed by atoms with E-state index in [0.717, 1.165) is 11.1 Å². The number of amidine groups is 1. The van der Waals surface area contributed by atoms with Gasteiger partial charge in [-0.2, -0.15) is 0 Å². The van der Waals surface area contributed by atoms with Crippen LogP contribution in [0.2, 0.25) is 0 Å². The van der Waals surface area contributed by atoms with Gasteiger partial charge in [-0.15, -0.1) is 0 Å². The van der Waals surface area contributed by atoms with E-state index in [0.29, 0.717) is 5.56 Å². The topological polar surface area (TPSA) is 139 Å². The standard InChI is InChI=1S/C23H23N5O4/c24-21(25)18-10-8-16(9-11-18)13-26-20(29)14-28-12-4-7-19(22(28)30)27-23(31)32-15-17-5-2-1-3-6-17/h1-12H,13-15H2,(H3,24,25)(H,26,29)(H,27,31). The van der Waals surface area contributed by atoms with Crippen molar-refractivity contribution in [2.24, 2.45) is 5.73 Å². The Morgan fingerprint density at radius 1 is 0.969 bits per heavy atom. The van der Waals surface area contributed by atoms with Crippen LogP contribution in [0.3, 0.4) is 0 Å². The van der Waals surface area contributed by atoms with Crippen molar-refractivity contribution in [3.05, 3.63) is 100.0 Å². The molecule has 0 fully saturated rings. The molecule has 9 heteroatoms. The van der Waals surface area contributed by atoms with E-state index < -0.39 is 11.7 Å². The van der Waals surface area contributed by atoms with Crippen molar-refractivity contribution in [1.29, 1.82) is 5.41 Å². The van der Waals surface area contributed by atoms with E-state index >= 15 is 0 Å². The highest BCUT2D eigenvalue weighted by Crippen LogP contribution is 2.05. The van der Waals surface area contributed by atoms with E-state index in [2.05, 4.69) is 10.6 Å². The fourth-order valence-corrected chi connectivity index (χ4v) is 2.84. The van der Waals surface area contributed by atoms with Crippen LogP contribution < -0.4 is 21.9 Å². The number of hydrogen-bond donors (Lipinski definition) is 4. The van der Waals surface area contributed by atoms with Crippen LogP contribution in [0.25, 0.3) is 0 Å². The predicted molar refractivity (Wildman–Crippen MR) is 120 cm³/mol. The second kappa shape index (κ2) is 10.6. The molecule has 3 rings (SSSR count). The Hall–Kier alpha value is -4.40. The molecule has 2 aromatic carbocycles. The number of amides is 2. The summed E-state index contributed by atoms with van der Waals surface area (Å²) >= 11 is 0. The molecule has 9 nitrogen and oxygen atoms in total. The lowest BCUT2D eigenvalue weighted by Crippen LogP contribution is -2.33. The number of pyridine rings is 1. The largest absolute Gasteiger partial charge is 0.444 e. The third kappa shape index (κ3) is 6.30. The van der Waals surface area contributed by atoms with Gasteiger partial charge in [-0.05, 0) is 23.3 Å². The Bertz CT molecular complexity index is 1160. The molecule has 2 amide bonds. The highest BCUT2D eigenvalue weighted by molar-refractivity contribution is 5.94. The SMILES string of the molecule is N=C(N)c1ccc(CNC(=O)Cn2cccc(NC(=O)OCc3ccccc3)c2=O)cc1. The molecule has 32 heavy (non-hydrogen) atoms. The maximum Gasteiger partial charge on any atom is 0.412 e. The lowest BCUT2D eigenvalue weighted by atomic mass is 10.1. The molecule has 3 aromatic rings. The van der Waals surface area contributed by atoms with Gasteiger partial charge >= 0.3 is 6.09 Å². The number of benzene rings is 2. The Kier molecular flexibility index (Phi) is 7.37. The average molecular weight is 433 g/mol. The van der Waals surface area contributed by atoms with Crippen LogP contribution in [0.4, 0.5) is 10.5 Å². The number of aromatic nitrogens is 1. The first-order valence-corrected chi connectivity index (χ1v) is 9.79. The summed E-state index contributed by atoms with van der Waals surface area (Å²) in [5.41, 5.74) is 7.15. The second-order valence-corrected chi connectivity index (χ2v) is 6.93. The minimum Gasteiger partial charge on any atom is -0.444 e. The number of nitrogen functional groups attached to an aromatic ring is 1. The third-order valence-electron chi connectivity index (χ3n) is 4.54. The van der Waals surface area contributed by atoms with Gasteiger partial charge in [0, 0.05) is 18.3 Å². The smallest absolute Gasteiger partial charge is 0.412 e. The third-order valence-corrected chi connectivity index (χ3v) is 4.54. The number of carbonyl (C=O) groups is 2. The van der Waals surface area contributed by atoms with E-state index in [4.69, 9.17) is 15.9 Å². The zero-order chi connectivity index (χ0) is 22.9. The molecule has 5 N–H and O–H groups in total. The molecular formula is C23H23N5O4. The fourth-order valence-electron chi connectivity index (χ4n) is 2.84. The molecule has 0 atom stereocenters. The summed E-state index contributed by atoms with van der Waals surface area (Å²) in [4.78, 5) is 36.9. The number of anilines is 1. The summed E-state index contributed by atoms with van der Waals surface area (Å²) in [7, 11) is 0. The van der Waals surface area contributed by atoms with Crippen molar-refractivity contribution in [3.63, 3.8) is 0 Å². The summed E-state index contributed by atoms with van der Waals surface area (Å²) < 4.78 is 6.32.